The van der Waals surface area contributed by atoms with Gasteiger partial charge >= 0.3 is 0 Å². The van der Waals surface area contributed by atoms with Gasteiger partial charge in [-0.3, -0.25) is 0 Å². The molecule has 0 aliphatic carbocycles. The van der Waals surface area contributed by atoms with E-state index in [1.165, 1.54) is 0 Å². The maximum absolute atomic E-state index is 9.05. The second kappa shape index (κ2) is 5.60. The Morgan fingerprint density at radius 3 is 3.06 bits per heavy atom. The molecule has 0 aromatic carbocycles. The van der Waals surface area contributed by atoms with E-state index < -0.39 is 0 Å². The van der Waals surface area contributed by atoms with Gasteiger partial charge < -0.3 is 15.7 Å². The number of pyridine rings is 1. The predicted molar refractivity (Wildman–Crippen MR) is 66.0 cm³/mol. The minimum absolute atomic E-state index is 0.316. The number of nitrogens with one attached hydrogen (secondary N) is 2. The number of aromatic nitrogens is 3. The van der Waals surface area contributed by atoms with Gasteiger partial charge in [-0.25, -0.2) is 4.52 Å². The normalized spacial score (nSPS) is 12.8. The monoisotopic (exact) mass is 235 g/mol. The summed E-state index contributed by atoms with van der Waals surface area (Å²) in [5, 5.41) is 19.6. The summed E-state index contributed by atoms with van der Waals surface area (Å²) < 4.78 is 1.73. The second-order valence-corrected chi connectivity index (χ2v) is 3.92. The zero-order valence-electron chi connectivity index (χ0n) is 9.80. The van der Waals surface area contributed by atoms with Crippen LogP contribution in [0.15, 0.2) is 24.4 Å². The molecular formula is C11H17N5O. The van der Waals surface area contributed by atoms with Gasteiger partial charge in [0.05, 0.1) is 6.10 Å². The van der Waals surface area contributed by atoms with Crippen molar-refractivity contribution in [3.63, 3.8) is 0 Å². The van der Waals surface area contributed by atoms with Crippen LogP contribution in [0.5, 0.6) is 0 Å². The van der Waals surface area contributed by atoms with Gasteiger partial charge in [0.1, 0.15) is 0 Å². The molecule has 0 aliphatic heterocycles. The molecule has 0 saturated carbocycles. The quantitative estimate of drug-likeness (QED) is 0.620. The van der Waals surface area contributed by atoms with Crippen LogP contribution in [0.2, 0.25) is 0 Å². The molecule has 2 heterocycles. The summed E-state index contributed by atoms with van der Waals surface area (Å²) in [7, 11) is 0. The first-order valence-corrected chi connectivity index (χ1v) is 5.70. The van der Waals surface area contributed by atoms with Crippen LogP contribution in [0.4, 0.5) is 5.95 Å². The summed E-state index contributed by atoms with van der Waals surface area (Å²) in [6.07, 6.45) is 1.54. The number of aliphatic hydroxyl groups is 1. The molecule has 2 aromatic heterocycles. The molecular weight excluding hydrogens is 218 g/mol. The zero-order chi connectivity index (χ0) is 12.1. The molecule has 1 unspecified atom stereocenters. The van der Waals surface area contributed by atoms with Crippen LogP contribution in [0.25, 0.3) is 5.65 Å². The van der Waals surface area contributed by atoms with E-state index in [1.807, 2.05) is 24.4 Å². The van der Waals surface area contributed by atoms with Crippen LogP contribution >= 0.6 is 0 Å². The lowest BCUT2D eigenvalue weighted by Crippen LogP contribution is -2.29. The van der Waals surface area contributed by atoms with Crippen molar-refractivity contribution >= 4 is 11.6 Å². The lowest BCUT2D eigenvalue weighted by molar-refractivity contribution is 0.192. The van der Waals surface area contributed by atoms with Crippen molar-refractivity contribution in [2.45, 2.75) is 13.0 Å². The molecule has 0 bridgehead atoms. The third kappa shape index (κ3) is 3.40. The Morgan fingerprint density at radius 2 is 2.29 bits per heavy atom. The number of aliphatic hydroxyl groups excluding tert-OH is 1. The fourth-order valence-corrected chi connectivity index (χ4v) is 1.48. The van der Waals surface area contributed by atoms with Crippen LogP contribution in [0.1, 0.15) is 6.92 Å². The van der Waals surface area contributed by atoms with Crippen LogP contribution in [-0.4, -0.2) is 45.4 Å². The molecule has 0 radical (unpaired) electrons. The third-order valence-electron chi connectivity index (χ3n) is 2.27. The number of hydrogen-bond donors (Lipinski definition) is 3. The average molecular weight is 235 g/mol. The molecule has 0 aliphatic rings. The number of fused-ring (bicyclic) bond motifs is 1. The number of hydrogen-bond acceptors (Lipinski definition) is 5. The highest BCUT2D eigenvalue weighted by atomic mass is 16.3. The van der Waals surface area contributed by atoms with Gasteiger partial charge in [-0.05, 0) is 19.1 Å². The van der Waals surface area contributed by atoms with E-state index in [0.717, 1.165) is 18.7 Å². The molecule has 3 N–H and O–H groups in total. The molecule has 0 fully saturated rings. The van der Waals surface area contributed by atoms with Gasteiger partial charge in [-0.15, -0.1) is 5.10 Å². The number of rotatable bonds is 6. The van der Waals surface area contributed by atoms with Crippen molar-refractivity contribution in [1.29, 1.82) is 0 Å². The molecule has 92 valence electrons. The van der Waals surface area contributed by atoms with E-state index in [1.54, 1.807) is 11.4 Å². The van der Waals surface area contributed by atoms with E-state index in [-0.39, 0.29) is 6.10 Å². The largest absolute Gasteiger partial charge is 0.392 e. The van der Waals surface area contributed by atoms with Crippen molar-refractivity contribution in [3.05, 3.63) is 24.4 Å². The SMILES string of the molecule is CC(O)CNCCNc1nc2ccccn2n1. The zero-order valence-corrected chi connectivity index (χ0v) is 9.80. The van der Waals surface area contributed by atoms with E-state index in [9.17, 15) is 0 Å². The van der Waals surface area contributed by atoms with Gasteiger partial charge in [0, 0.05) is 25.8 Å². The Hall–Kier alpha value is -1.66. The molecule has 0 amide bonds. The highest BCUT2D eigenvalue weighted by Crippen LogP contribution is 2.03. The molecule has 0 saturated heterocycles. The molecule has 6 heteroatoms. The number of anilines is 1. The van der Waals surface area contributed by atoms with Gasteiger partial charge in [0.2, 0.25) is 5.95 Å². The van der Waals surface area contributed by atoms with Crippen molar-refractivity contribution in [1.82, 2.24) is 19.9 Å². The lowest BCUT2D eigenvalue weighted by Gasteiger charge is -2.06. The third-order valence-corrected chi connectivity index (χ3v) is 2.27. The molecule has 6 nitrogen and oxygen atoms in total. The maximum atomic E-state index is 9.05. The van der Waals surface area contributed by atoms with Gasteiger partial charge in [-0.2, -0.15) is 4.98 Å². The van der Waals surface area contributed by atoms with Crippen molar-refractivity contribution < 1.29 is 5.11 Å². The first-order valence-electron chi connectivity index (χ1n) is 5.70. The summed E-state index contributed by atoms with van der Waals surface area (Å²) in [5.41, 5.74) is 0.826. The smallest absolute Gasteiger partial charge is 0.243 e. The van der Waals surface area contributed by atoms with Crippen molar-refractivity contribution in [2.75, 3.05) is 25.0 Å². The van der Waals surface area contributed by atoms with Crippen LogP contribution in [0, 0.1) is 0 Å². The Bertz CT molecular complexity index is 435. The van der Waals surface area contributed by atoms with Crippen LogP contribution < -0.4 is 10.6 Å². The fourth-order valence-electron chi connectivity index (χ4n) is 1.48. The Morgan fingerprint density at radius 1 is 1.41 bits per heavy atom. The Labute approximate surface area is 99.7 Å². The molecule has 17 heavy (non-hydrogen) atoms. The van der Waals surface area contributed by atoms with Gasteiger partial charge in [0.25, 0.3) is 0 Å². The molecule has 0 spiro atoms. The summed E-state index contributed by atoms with van der Waals surface area (Å²) in [4.78, 5) is 4.31. The first kappa shape index (κ1) is 11.8. The summed E-state index contributed by atoms with van der Waals surface area (Å²) in [6, 6.07) is 5.75. The average Bonchev–Trinajstić information content (AvgIpc) is 2.70. The highest BCUT2D eigenvalue weighted by Gasteiger charge is 2.01. The topological polar surface area (TPSA) is 74.5 Å². The highest BCUT2D eigenvalue weighted by molar-refractivity contribution is 5.42. The van der Waals surface area contributed by atoms with Crippen molar-refractivity contribution in [2.24, 2.45) is 0 Å². The Balaban J connectivity index is 1.79. The summed E-state index contributed by atoms with van der Waals surface area (Å²) >= 11 is 0. The minimum atomic E-state index is -0.316. The summed E-state index contributed by atoms with van der Waals surface area (Å²) in [6.45, 7) is 3.84. The fraction of sp³-hybridized carbons (Fsp3) is 0.455. The van der Waals surface area contributed by atoms with Crippen molar-refractivity contribution in [3.8, 4) is 0 Å². The maximum Gasteiger partial charge on any atom is 0.243 e. The van der Waals surface area contributed by atoms with Gasteiger partial charge in [0.15, 0.2) is 5.65 Å². The second-order valence-electron chi connectivity index (χ2n) is 3.92. The van der Waals surface area contributed by atoms with Crippen LogP contribution in [0.3, 0.4) is 0 Å². The molecule has 1 atom stereocenters. The van der Waals surface area contributed by atoms with E-state index in [4.69, 9.17) is 5.11 Å². The minimum Gasteiger partial charge on any atom is -0.392 e. The van der Waals surface area contributed by atoms with E-state index >= 15 is 0 Å². The predicted octanol–water partition coefficient (Wildman–Crippen LogP) is 0.112. The van der Waals surface area contributed by atoms with E-state index in [2.05, 4.69) is 20.7 Å². The lowest BCUT2D eigenvalue weighted by atomic mass is 10.4. The van der Waals surface area contributed by atoms with E-state index in [0.29, 0.717) is 12.5 Å². The van der Waals surface area contributed by atoms with Gasteiger partial charge in [-0.1, -0.05) is 6.07 Å². The number of nitrogens with zero attached hydrogens (tertiary/aromatic N) is 3. The van der Waals surface area contributed by atoms with Crippen LogP contribution in [-0.2, 0) is 0 Å². The Kier molecular flexibility index (Phi) is 3.89. The summed E-state index contributed by atoms with van der Waals surface area (Å²) in [5.74, 6) is 0.620. The first-order chi connectivity index (χ1) is 8.25. The molecule has 2 aromatic rings. The standard InChI is InChI=1S/C11H17N5O/c1-9(17)8-12-5-6-13-11-14-10-4-2-3-7-16(10)15-11/h2-4,7,9,12,17H,5-6,8H2,1H3,(H,13,15). The molecule has 2 rings (SSSR count).